The van der Waals surface area contributed by atoms with Crippen molar-refractivity contribution in [3.05, 3.63) is 53.1 Å². The lowest BCUT2D eigenvalue weighted by Gasteiger charge is -2.19. The van der Waals surface area contributed by atoms with Crippen molar-refractivity contribution in [2.45, 2.75) is 0 Å². The number of nitrogens with zero attached hydrogens (tertiary/aromatic N) is 1. The van der Waals surface area contributed by atoms with E-state index in [0.29, 0.717) is 17.9 Å². The monoisotopic (exact) mass is 341 g/mol. The molecular weight excluding hydrogens is 326 g/mol. The van der Waals surface area contributed by atoms with Gasteiger partial charge in [0.15, 0.2) is 5.11 Å². The lowest BCUT2D eigenvalue weighted by atomic mass is 9.99. The molecule has 122 valence electrons. The molecule has 0 saturated heterocycles. The molecule has 24 heavy (non-hydrogen) atoms. The first kappa shape index (κ1) is 15.8. The first-order valence-corrected chi connectivity index (χ1v) is 7.52. The van der Waals surface area contributed by atoms with Gasteiger partial charge in [-0.25, -0.2) is 0 Å². The zero-order chi connectivity index (χ0) is 17.1. The van der Waals surface area contributed by atoms with Crippen LogP contribution in [0.1, 0.15) is 16.7 Å². The second-order valence-corrected chi connectivity index (χ2v) is 5.63. The van der Waals surface area contributed by atoms with E-state index in [1.807, 2.05) is 18.2 Å². The Morgan fingerprint density at radius 2 is 2.00 bits per heavy atom. The van der Waals surface area contributed by atoms with E-state index in [0.717, 1.165) is 16.7 Å². The van der Waals surface area contributed by atoms with Gasteiger partial charge in [0, 0.05) is 17.2 Å². The zero-order valence-electron chi connectivity index (χ0n) is 12.6. The maximum Gasteiger partial charge on any atom is 0.184 e. The highest BCUT2D eigenvalue weighted by Gasteiger charge is 2.15. The molecule has 1 heterocycles. The van der Waals surface area contributed by atoms with Crippen LogP contribution in [0.5, 0.6) is 17.2 Å². The number of aromatic hydroxyl groups is 2. The molecular formula is C17H15N3O3S. The van der Waals surface area contributed by atoms with Gasteiger partial charge in [0.2, 0.25) is 0 Å². The molecule has 0 radical (unpaired) electrons. The van der Waals surface area contributed by atoms with Gasteiger partial charge in [0.25, 0.3) is 0 Å². The van der Waals surface area contributed by atoms with Gasteiger partial charge >= 0.3 is 0 Å². The maximum absolute atomic E-state index is 10.0. The SMILES string of the molecule is NC(=S)N/N=C/c1cc2c(cc1O)OCC(c1ccc(O)cc1)=C2. The van der Waals surface area contributed by atoms with E-state index in [1.54, 1.807) is 24.3 Å². The van der Waals surface area contributed by atoms with Crippen LogP contribution in [0.15, 0.2) is 41.5 Å². The van der Waals surface area contributed by atoms with Crippen LogP contribution in [-0.2, 0) is 0 Å². The lowest BCUT2D eigenvalue weighted by Crippen LogP contribution is -2.24. The number of hydrazone groups is 1. The molecule has 0 unspecified atom stereocenters. The summed E-state index contributed by atoms with van der Waals surface area (Å²) in [6.45, 7) is 0.383. The third-order valence-corrected chi connectivity index (χ3v) is 3.58. The third kappa shape index (κ3) is 3.47. The number of fused-ring (bicyclic) bond motifs is 1. The van der Waals surface area contributed by atoms with Crippen molar-refractivity contribution in [1.29, 1.82) is 0 Å². The molecule has 0 amide bonds. The van der Waals surface area contributed by atoms with Crippen LogP contribution in [-0.4, -0.2) is 28.1 Å². The summed E-state index contributed by atoms with van der Waals surface area (Å²) in [5, 5.41) is 23.3. The molecule has 6 nitrogen and oxygen atoms in total. The van der Waals surface area contributed by atoms with Crippen LogP contribution in [0.4, 0.5) is 0 Å². The minimum atomic E-state index is 0.0431. The van der Waals surface area contributed by atoms with E-state index in [4.69, 9.17) is 10.5 Å². The van der Waals surface area contributed by atoms with Crippen molar-refractivity contribution in [2.24, 2.45) is 10.8 Å². The lowest BCUT2D eigenvalue weighted by molar-refractivity contribution is 0.362. The van der Waals surface area contributed by atoms with Gasteiger partial charge in [-0.3, -0.25) is 5.43 Å². The fraction of sp³-hybridized carbons (Fsp3) is 0.0588. The van der Waals surface area contributed by atoms with Crippen LogP contribution < -0.4 is 15.9 Å². The Hall–Kier alpha value is -3.06. The Morgan fingerprint density at radius 1 is 1.25 bits per heavy atom. The second kappa shape index (κ2) is 6.59. The summed E-state index contributed by atoms with van der Waals surface area (Å²) in [5.74, 6) is 0.850. The number of hydrogen-bond acceptors (Lipinski definition) is 5. The zero-order valence-corrected chi connectivity index (χ0v) is 13.4. The first-order chi connectivity index (χ1) is 11.5. The molecule has 0 atom stereocenters. The van der Waals surface area contributed by atoms with Gasteiger partial charge in [0.1, 0.15) is 23.9 Å². The summed E-state index contributed by atoms with van der Waals surface area (Å²) in [6.07, 6.45) is 3.40. The molecule has 5 N–H and O–H groups in total. The number of nitrogens with two attached hydrogens (primary N) is 1. The number of hydrogen-bond donors (Lipinski definition) is 4. The van der Waals surface area contributed by atoms with Crippen LogP contribution >= 0.6 is 12.2 Å². The van der Waals surface area contributed by atoms with Gasteiger partial charge in [-0.2, -0.15) is 5.10 Å². The van der Waals surface area contributed by atoms with E-state index in [-0.39, 0.29) is 16.6 Å². The van der Waals surface area contributed by atoms with Crippen LogP contribution in [0.25, 0.3) is 11.6 Å². The standard InChI is InChI=1S/C17H15N3O3S/c18-17(24)20-19-8-12-5-11-6-13(9-23-16(11)7-15(12)22)10-1-3-14(21)4-2-10/h1-8,21-22H,9H2,(H3,18,20,24)/b19-8+. The van der Waals surface area contributed by atoms with Crippen molar-refractivity contribution in [1.82, 2.24) is 5.43 Å². The quantitative estimate of drug-likeness (QED) is 0.388. The number of phenolic OH excluding ortho intramolecular Hbond substituents is 2. The molecule has 2 aromatic carbocycles. The molecule has 3 rings (SSSR count). The molecule has 0 bridgehead atoms. The number of ether oxygens (including phenoxy) is 1. The molecule has 0 saturated carbocycles. The summed E-state index contributed by atoms with van der Waals surface area (Å²) >= 11 is 4.66. The number of nitrogens with one attached hydrogen (secondary N) is 1. The Kier molecular flexibility index (Phi) is 4.35. The summed E-state index contributed by atoms with van der Waals surface area (Å²) in [6, 6.07) is 10.2. The van der Waals surface area contributed by atoms with Crippen molar-refractivity contribution in [3.8, 4) is 17.2 Å². The van der Waals surface area contributed by atoms with Gasteiger partial charge in [-0.1, -0.05) is 12.1 Å². The van der Waals surface area contributed by atoms with E-state index >= 15 is 0 Å². The van der Waals surface area contributed by atoms with Gasteiger partial charge in [-0.05, 0) is 47.6 Å². The van der Waals surface area contributed by atoms with Crippen molar-refractivity contribution in [3.63, 3.8) is 0 Å². The molecule has 0 aromatic heterocycles. The van der Waals surface area contributed by atoms with E-state index in [9.17, 15) is 10.2 Å². The van der Waals surface area contributed by atoms with E-state index < -0.39 is 0 Å². The Labute approximate surface area is 143 Å². The molecule has 2 aromatic rings. The average Bonchev–Trinajstić information content (AvgIpc) is 2.55. The average molecular weight is 341 g/mol. The summed E-state index contributed by atoms with van der Waals surface area (Å²) < 4.78 is 5.71. The molecule has 0 fully saturated rings. The number of rotatable bonds is 3. The van der Waals surface area contributed by atoms with Crippen molar-refractivity contribution in [2.75, 3.05) is 6.61 Å². The number of thiocarbonyl (C=S) groups is 1. The van der Waals surface area contributed by atoms with E-state index in [2.05, 4.69) is 22.7 Å². The van der Waals surface area contributed by atoms with Crippen molar-refractivity contribution < 1.29 is 14.9 Å². The summed E-state index contributed by atoms with van der Waals surface area (Å²) in [5.41, 5.74) is 11.0. The highest BCUT2D eigenvalue weighted by atomic mass is 32.1. The Bertz CT molecular complexity index is 845. The predicted octanol–water partition coefficient (Wildman–Crippen LogP) is 2.20. The Balaban J connectivity index is 1.93. The fourth-order valence-corrected chi connectivity index (χ4v) is 2.39. The predicted molar refractivity (Wildman–Crippen MR) is 97.1 cm³/mol. The summed E-state index contributed by atoms with van der Waals surface area (Å²) in [7, 11) is 0. The minimum Gasteiger partial charge on any atom is -0.508 e. The molecule has 7 heteroatoms. The molecule has 0 aliphatic carbocycles. The van der Waals surface area contributed by atoms with E-state index in [1.165, 1.54) is 6.21 Å². The fourth-order valence-electron chi connectivity index (χ4n) is 2.34. The summed E-state index contributed by atoms with van der Waals surface area (Å²) in [4.78, 5) is 0. The highest BCUT2D eigenvalue weighted by Crippen LogP contribution is 2.35. The molecule has 0 spiro atoms. The van der Waals surface area contributed by atoms with Crippen molar-refractivity contribution >= 4 is 35.2 Å². The number of phenols is 2. The maximum atomic E-state index is 10.0. The third-order valence-electron chi connectivity index (χ3n) is 3.49. The largest absolute Gasteiger partial charge is 0.508 e. The van der Waals surface area contributed by atoms with Gasteiger partial charge < -0.3 is 20.7 Å². The molecule has 1 aliphatic rings. The smallest absolute Gasteiger partial charge is 0.184 e. The van der Waals surface area contributed by atoms with Crippen LogP contribution in [0, 0.1) is 0 Å². The highest BCUT2D eigenvalue weighted by molar-refractivity contribution is 7.80. The van der Waals surface area contributed by atoms with Crippen LogP contribution in [0.2, 0.25) is 0 Å². The minimum absolute atomic E-state index is 0.0431. The number of benzene rings is 2. The Morgan fingerprint density at radius 3 is 2.71 bits per heavy atom. The second-order valence-electron chi connectivity index (χ2n) is 5.19. The molecule has 1 aliphatic heterocycles. The first-order valence-electron chi connectivity index (χ1n) is 7.11. The van der Waals surface area contributed by atoms with Gasteiger partial charge in [-0.15, -0.1) is 0 Å². The van der Waals surface area contributed by atoms with Gasteiger partial charge in [0.05, 0.1) is 6.21 Å². The topological polar surface area (TPSA) is 100 Å². The normalized spacial score (nSPS) is 13.1. The van der Waals surface area contributed by atoms with Crippen LogP contribution in [0.3, 0.4) is 0 Å².